The first-order chi connectivity index (χ1) is 23.4. The Labute approximate surface area is 305 Å². The Hall–Kier alpha value is -3.45. The van der Waals surface area contributed by atoms with Gasteiger partial charge in [-0.15, -0.1) is 0 Å². The van der Waals surface area contributed by atoms with Gasteiger partial charge in [0, 0.05) is 68.7 Å². The first-order valence-corrected chi connectivity index (χ1v) is 18.5. The van der Waals surface area contributed by atoms with Crippen molar-refractivity contribution in [3.05, 3.63) is 116 Å². The van der Waals surface area contributed by atoms with Gasteiger partial charge in [-0.3, -0.25) is 19.6 Å². The number of halogens is 4. The molecule has 2 aromatic heterocycles. The van der Waals surface area contributed by atoms with Crippen molar-refractivity contribution < 1.29 is 18.0 Å². The number of carbonyl (C=O) groups excluding carboxylic acids is 2. The second-order valence-electron chi connectivity index (χ2n) is 11.7. The van der Waals surface area contributed by atoms with E-state index < -0.39 is 15.9 Å². The standard InChI is InChI=1S/C34H34Cl4N6O4S/c1-22(11-14-41-33(45)31-27(35)17-39-18-28(31)36)43-15-12-25(13-16-43)44(21-23-5-3-2-4-6-23)24-7-9-26(10-8-24)49(47,48)42-34(46)32-29(37)19-40-20-30(32)38/h2-10,17-20,22,25H,11-16,21H2,1H3,(H,41,45)(H,42,46). The number of carbonyl (C=O) groups is 2. The predicted molar refractivity (Wildman–Crippen MR) is 193 cm³/mol. The van der Waals surface area contributed by atoms with E-state index >= 15 is 0 Å². The van der Waals surface area contributed by atoms with Crippen LogP contribution in [0.4, 0.5) is 5.69 Å². The molecule has 5 rings (SSSR count). The number of nitrogens with one attached hydrogen (secondary N) is 2. The number of rotatable bonds is 12. The van der Waals surface area contributed by atoms with E-state index in [0.717, 1.165) is 43.6 Å². The molecule has 1 atom stereocenters. The van der Waals surface area contributed by atoms with Crippen LogP contribution in [0.3, 0.4) is 0 Å². The Morgan fingerprint density at radius 1 is 0.837 bits per heavy atom. The second-order valence-corrected chi connectivity index (χ2v) is 15.0. The highest BCUT2D eigenvalue weighted by Gasteiger charge is 2.28. The van der Waals surface area contributed by atoms with Gasteiger partial charge in [0.1, 0.15) is 0 Å². The second kappa shape index (κ2) is 16.5. The third kappa shape index (κ3) is 9.22. The predicted octanol–water partition coefficient (Wildman–Crippen LogP) is 6.89. The molecule has 0 radical (unpaired) electrons. The maximum atomic E-state index is 13.1. The van der Waals surface area contributed by atoms with Crippen molar-refractivity contribution in [2.75, 3.05) is 24.5 Å². The van der Waals surface area contributed by atoms with Crippen molar-refractivity contribution in [2.45, 2.75) is 49.7 Å². The zero-order valence-electron chi connectivity index (χ0n) is 26.5. The highest BCUT2D eigenvalue weighted by atomic mass is 35.5. The van der Waals surface area contributed by atoms with Crippen LogP contribution in [0.25, 0.3) is 0 Å². The zero-order chi connectivity index (χ0) is 35.1. The van der Waals surface area contributed by atoms with E-state index in [-0.39, 0.29) is 54.1 Å². The summed E-state index contributed by atoms with van der Waals surface area (Å²) in [7, 11) is -4.22. The van der Waals surface area contributed by atoms with Gasteiger partial charge < -0.3 is 15.1 Å². The van der Waals surface area contributed by atoms with Crippen molar-refractivity contribution in [1.29, 1.82) is 0 Å². The lowest BCUT2D eigenvalue weighted by Gasteiger charge is -2.42. The van der Waals surface area contributed by atoms with E-state index in [4.69, 9.17) is 46.4 Å². The lowest BCUT2D eigenvalue weighted by Crippen LogP contribution is -2.48. The minimum Gasteiger partial charge on any atom is -0.364 e. The van der Waals surface area contributed by atoms with Crippen molar-refractivity contribution >= 4 is 73.9 Å². The van der Waals surface area contributed by atoms with Gasteiger partial charge >= 0.3 is 0 Å². The number of piperidine rings is 1. The number of hydrogen-bond acceptors (Lipinski definition) is 8. The smallest absolute Gasteiger partial charge is 0.268 e. The maximum Gasteiger partial charge on any atom is 0.268 e. The Morgan fingerprint density at radius 3 is 1.92 bits per heavy atom. The number of nitrogens with zero attached hydrogens (tertiary/aromatic N) is 4. The molecule has 2 amide bonds. The summed E-state index contributed by atoms with van der Waals surface area (Å²) in [6.45, 7) is 4.95. The van der Waals surface area contributed by atoms with Crippen molar-refractivity contribution in [1.82, 2.24) is 24.9 Å². The summed E-state index contributed by atoms with van der Waals surface area (Å²) >= 11 is 24.4. The summed E-state index contributed by atoms with van der Waals surface area (Å²) in [5.41, 5.74) is 2.04. The SMILES string of the molecule is CC(CCNC(=O)c1c(Cl)cncc1Cl)N1CCC(N(Cc2ccccc2)c2ccc(S(=O)(=O)NC(=O)c3c(Cl)cncc3Cl)cc2)CC1. The fourth-order valence-electron chi connectivity index (χ4n) is 5.82. The molecule has 49 heavy (non-hydrogen) atoms. The average Bonchev–Trinajstić information content (AvgIpc) is 3.07. The van der Waals surface area contributed by atoms with Crippen LogP contribution in [-0.4, -0.2) is 66.8 Å². The van der Waals surface area contributed by atoms with Gasteiger partial charge in [-0.2, -0.15) is 0 Å². The van der Waals surface area contributed by atoms with Gasteiger partial charge in [0.05, 0.1) is 36.1 Å². The van der Waals surface area contributed by atoms with Crippen LogP contribution in [-0.2, 0) is 16.6 Å². The highest BCUT2D eigenvalue weighted by molar-refractivity contribution is 7.90. The molecule has 15 heteroatoms. The summed E-state index contributed by atoms with van der Waals surface area (Å²) in [6, 6.07) is 17.0. The lowest BCUT2D eigenvalue weighted by atomic mass is 9.99. The third-order valence-electron chi connectivity index (χ3n) is 8.47. The molecular formula is C34H34Cl4N6O4S. The number of sulfonamides is 1. The molecule has 0 bridgehead atoms. The molecule has 2 N–H and O–H groups in total. The van der Waals surface area contributed by atoms with Crippen molar-refractivity contribution in [2.24, 2.45) is 0 Å². The average molecular weight is 765 g/mol. The molecule has 258 valence electrons. The molecule has 1 aliphatic heterocycles. The molecule has 10 nitrogen and oxygen atoms in total. The minimum atomic E-state index is -4.22. The van der Waals surface area contributed by atoms with E-state index in [1.165, 1.54) is 36.9 Å². The Kier molecular flexibility index (Phi) is 12.4. The normalized spacial score (nSPS) is 14.6. The fourth-order valence-corrected chi connectivity index (χ4v) is 7.85. The summed E-state index contributed by atoms with van der Waals surface area (Å²) in [6.07, 6.45) is 7.74. The summed E-state index contributed by atoms with van der Waals surface area (Å²) in [5.74, 6) is -1.28. The van der Waals surface area contributed by atoms with Crippen LogP contribution in [0.2, 0.25) is 20.1 Å². The summed E-state index contributed by atoms with van der Waals surface area (Å²) in [5, 5.41) is 3.21. The van der Waals surface area contributed by atoms with Crippen LogP contribution in [0.1, 0.15) is 52.5 Å². The largest absolute Gasteiger partial charge is 0.364 e. The van der Waals surface area contributed by atoms with Crippen molar-refractivity contribution in [3.63, 3.8) is 0 Å². The van der Waals surface area contributed by atoms with E-state index in [1.54, 1.807) is 12.1 Å². The monoisotopic (exact) mass is 762 g/mol. The quantitative estimate of drug-likeness (QED) is 0.160. The van der Waals surface area contributed by atoms with E-state index in [9.17, 15) is 18.0 Å². The molecule has 0 saturated carbocycles. The number of amides is 2. The van der Waals surface area contributed by atoms with Gasteiger partial charge in [-0.1, -0.05) is 76.7 Å². The fraction of sp³-hybridized carbons (Fsp3) is 0.294. The number of anilines is 1. The number of hydrogen-bond donors (Lipinski definition) is 2. The molecular weight excluding hydrogens is 730 g/mol. The summed E-state index contributed by atoms with van der Waals surface area (Å²) < 4.78 is 28.3. The van der Waals surface area contributed by atoms with Gasteiger partial charge in [-0.25, -0.2) is 13.1 Å². The van der Waals surface area contributed by atoms with Crippen LogP contribution in [0, 0.1) is 0 Å². The molecule has 3 heterocycles. The molecule has 1 fully saturated rings. The van der Waals surface area contributed by atoms with Gasteiger partial charge in [0.2, 0.25) is 0 Å². The molecule has 1 unspecified atom stereocenters. The van der Waals surface area contributed by atoms with Crippen molar-refractivity contribution in [3.8, 4) is 0 Å². The first kappa shape index (κ1) is 36.8. The molecule has 1 aliphatic rings. The number of aromatic nitrogens is 2. The number of likely N-dealkylation sites (tertiary alicyclic amines) is 1. The van der Waals surface area contributed by atoms with E-state index in [1.807, 2.05) is 18.2 Å². The molecule has 4 aromatic rings. The minimum absolute atomic E-state index is 0.0592. The lowest BCUT2D eigenvalue weighted by molar-refractivity contribution is 0.0943. The van der Waals surface area contributed by atoms with E-state index in [0.29, 0.717) is 13.1 Å². The molecule has 0 aliphatic carbocycles. The molecule has 1 saturated heterocycles. The number of benzene rings is 2. The van der Waals surface area contributed by atoms with Gasteiger partial charge in [0.15, 0.2) is 0 Å². The highest BCUT2D eigenvalue weighted by Crippen LogP contribution is 2.29. The zero-order valence-corrected chi connectivity index (χ0v) is 30.3. The van der Waals surface area contributed by atoms with Crippen LogP contribution >= 0.6 is 46.4 Å². The molecule has 0 spiro atoms. The van der Waals surface area contributed by atoms with E-state index in [2.05, 4.69) is 48.9 Å². The van der Waals surface area contributed by atoms with Gasteiger partial charge in [0.25, 0.3) is 21.8 Å². The Bertz CT molecular complexity index is 1850. The maximum absolute atomic E-state index is 13.1. The van der Waals surface area contributed by atoms with Crippen LogP contribution in [0.5, 0.6) is 0 Å². The first-order valence-electron chi connectivity index (χ1n) is 15.5. The topological polar surface area (TPSA) is 125 Å². The Balaban J connectivity index is 1.23. The Morgan fingerprint density at radius 2 is 1.37 bits per heavy atom. The third-order valence-corrected chi connectivity index (χ3v) is 11.0. The summed E-state index contributed by atoms with van der Waals surface area (Å²) in [4.78, 5) is 37.8. The van der Waals surface area contributed by atoms with Crippen LogP contribution < -0.4 is 14.9 Å². The van der Waals surface area contributed by atoms with Gasteiger partial charge in [-0.05, 0) is 56.0 Å². The van der Waals surface area contributed by atoms with Crippen LogP contribution in [0.15, 0.2) is 84.3 Å². The molecule has 2 aromatic carbocycles. The number of pyridine rings is 2.